The van der Waals surface area contributed by atoms with Crippen LogP contribution in [0.5, 0.6) is 0 Å². The number of furan rings is 2. The number of fused-ring (bicyclic) bond motifs is 12. The Labute approximate surface area is 293 Å². The van der Waals surface area contributed by atoms with Crippen LogP contribution < -0.4 is 0 Å². The minimum atomic E-state index is -0.152. The number of rotatable bonds is 3. The summed E-state index contributed by atoms with van der Waals surface area (Å²) >= 11 is 0. The fourth-order valence-corrected chi connectivity index (χ4v) is 8.40. The van der Waals surface area contributed by atoms with Gasteiger partial charge in [0.25, 0.3) is 0 Å². The highest BCUT2D eigenvalue weighted by Gasteiger charge is 2.36. The third kappa shape index (κ3) is 4.02. The summed E-state index contributed by atoms with van der Waals surface area (Å²) in [4.78, 5) is 9.65. The summed E-state index contributed by atoms with van der Waals surface area (Å²) in [6.07, 6.45) is 3.71. The molecule has 1 aliphatic rings. The van der Waals surface area contributed by atoms with E-state index in [1.165, 1.54) is 38.9 Å². The maximum Gasteiger partial charge on any atom is 0.161 e. The van der Waals surface area contributed by atoms with Crippen molar-refractivity contribution in [3.8, 4) is 44.6 Å². The number of hydrogen-bond donors (Lipinski definition) is 0. The molecule has 0 N–H and O–H groups in total. The van der Waals surface area contributed by atoms with Crippen molar-refractivity contribution in [3.63, 3.8) is 0 Å². The Morgan fingerprint density at radius 1 is 0.471 bits per heavy atom. The Morgan fingerprint density at radius 3 is 1.84 bits per heavy atom. The lowest BCUT2D eigenvalue weighted by atomic mass is 9.81. The largest absolute Gasteiger partial charge is 0.455 e. The van der Waals surface area contributed by atoms with Crippen LogP contribution in [0.2, 0.25) is 0 Å². The number of para-hydroxylation sites is 2. The van der Waals surface area contributed by atoms with E-state index in [0.29, 0.717) is 0 Å². The lowest BCUT2D eigenvalue weighted by Crippen LogP contribution is -2.15. The average Bonchev–Trinajstić information content (AvgIpc) is 3.83. The molecule has 0 fully saturated rings. The zero-order chi connectivity index (χ0) is 33.8. The zero-order valence-corrected chi connectivity index (χ0v) is 28.1. The lowest BCUT2D eigenvalue weighted by molar-refractivity contribution is 0.661. The Kier molecular flexibility index (Phi) is 5.70. The van der Waals surface area contributed by atoms with Crippen LogP contribution >= 0.6 is 0 Å². The van der Waals surface area contributed by atoms with Gasteiger partial charge in [-0.05, 0) is 99.1 Å². The molecule has 0 radical (unpaired) electrons. The van der Waals surface area contributed by atoms with Gasteiger partial charge in [0.2, 0.25) is 0 Å². The zero-order valence-electron chi connectivity index (χ0n) is 28.1. The predicted molar refractivity (Wildman–Crippen MR) is 208 cm³/mol. The summed E-state index contributed by atoms with van der Waals surface area (Å²) in [6.45, 7) is 4.68. The Bertz CT molecular complexity index is 3060. The quantitative estimate of drug-likeness (QED) is 0.190. The predicted octanol–water partition coefficient (Wildman–Crippen LogP) is 12.7. The van der Waals surface area contributed by atoms with E-state index in [4.69, 9.17) is 13.8 Å². The van der Waals surface area contributed by atoms with E-state index in [0.717, 1.165) is 71.6 Å². The van der Waals surface area contributed by atoms with Crippen molar-refractivity contribution in [3.05, 3.63) is 157 Å². The maximum absolute atomic E-state index is 6.62. The molecule has 1 aliphatic carbocycles. The second-order valence-corrected chi connectivity index (χ2v) is 14.2. The molecule has 4 heteroatoms. The second-order valence-electron chi connectivity index (χ2n) is 14.2. The molecule has 240 valence electrons. The van der Waals surface area contributed by atoms with Crippen LogP contribution in [0.15, 0.2) is 155 Å². The topological polar surface area (TPSA) is 52.1 Å². The first-order valence-electron chi connectivity index (χ1n) is 17.4. The molecular weight excluding hydrogens is 625 g/mol. The van der Waals surface area contributed by atoms with E-state index < -0.39 is 0 Å². The van der Waals surface area contributed by atoms with Gasteiger partial charge < -0.3 is 8.83 Å². The van der Waals surface area contributed by atoms with E-state index in [-0.39, 0.29) is 5.41 Å². The molecule has 4 aromatic heterocycles. The van der Waals surface area contributed by atoms with Crippen molar-refractivity contribution in [2.45, 2.75) is 19.3 Å². The van der Waals surface area contributed by atoms with Crippen molar-refractivity contribution >= 4 is 54.8 Å². The first kappa shape index (κ1) is 28.3. The molecule has 0 aliphatic heterocycles. The molecule has 11 rings (SSSR count). The van der Waals surface area contributed by atoms with E-state index in [1.807, 2.05) is 42.7 Å². The molecule has 10 aromatic rings. The number of nitrogens with zero attached hydrogens (tertiary/aromatic N) is 2. The molecule has 4 nitrogen and oxygen atoms in total. The Balaban J connectivity index is 1.09. The second kappa shape index (κ2) is 10.3. The van der Waals surface area contributed by atoms with Crippen LogP contribution in [0.25, 0.3) is 99.4 Å². The van der Waals surface area contributed by atoms with E-state index in [9.17, 15) is 0 Å². The summed E-state index contributed by atoms with van der Waals surface area (Å²) in [6, 6.07) is 47.4. The highest BCUT2D eigenvalue weighted by atomic mass is 16.3. The van der Waals surface area contributed by atoms with Crippen molar-refractivity contribution < 1.29 is 8.83 Å². The van der Waals surface area contributed by atoms with Gasteiger partial charge in [-0.2, -0.15) is 0 Å². The standard InChI is InChI=1S/C47H30N2O2/c1-47(2)38-25-29(27-20-22-48-23-21-27)14-16-32(38)33-17-15-30(26-39(33)47)28-8-7-9-31(24-28)43-42-36-11-4-6-13-41(36)50-45(42)37-19-18-35-34-10-3-5-12-40(34)51-46(35)44(37)49-43/h3-26H,1-2H3. The first-order valence-corrected chi connectivity index (χ1v) is 17.4. The molecular formula is C47H30N2O2. The van der Waals surface area contributed by atoms with Gasteiger partial charge in [0.05, 0.1) is 11.1 Å². The molecule has 0 unspecified atom stereocenters. The molecule has 4 heterocycles. The van der Waals surface area contributed by atoms with Gasteiger partial charge >= 0.3 is 0 Å². The molecule has 0 bridgehead atoms. The normalized spacial score (nSPS) is 13.5. The first-order chi connectivity index (χ1) is 25.0. The van der Waals surface area contributed by atoms with Gasteiger partial charge in [-0.15, -0.1) is 0 Å². The third-order valence-corrected chi connectivity index (χ3v) is 11.0. The molecule has 6 aromatic carbocycles. The number of benzene rings is 6. The van der Waals surface area contributed by atoms with Gasteiger partial charge in [0, 0.05) is 44.9 Å². The van der Waals surface area contributed by atoms with Crippen molar-refractivity contribution in [1.82, 2.24) is 9.97 Å². The summed E-state index contributed by atoms with van der Waals surface area (Å²) in [7, 11) is 0. The summed E-state index contributed by atoms with van der Waals surface area (Å²) in [5.74, 6) is 0. The van der Waals surface area contributed by atoms with Gasteiger partial charge in [-0.1, -0.05) is 92.7 Å². The minimum absolute atomic E-state index is 0.152. The fourth-order valence-electron chi connectivity index (χ4n) is 8.40. The molecule has 0 amide bonds. The number of aromatic nitrogens is 2. The van der Waals surface area contributed by atoms with Crippen LogP contribution in [0.3, 0.4) is 0 Å². The molecule has 0 spiro atoms. The van der Waals surface area contributed by atoms with Crippen LogP contribution in [0.1, 0.15) is 25.0 Å². The van der Waals surface area contributed by atoms with Crippen molar-refractivity contribution in [2.24, 2.45) is 0 Å². The van der Waals surface area contributed by atoms with Gasteiger partial charge in [-0.25, -0.2) is 4.98 Å². The highest BCUT2D eigenvalue weighted by molar-refractivity contribution is 6.24. The van der Waals surface area contributed by atoms with Gasteiger partial charge in [-0.3, -0.25) is 4.98 Å². The van der Waals surface area contributed by atoms with Crippen molar-refractivity contribution in [2.75, 3.05) is 0 Å². The molecule has 0 saturated carbocycles. The smallest absolute Gasteiger partial charge is 0.161 e. The Morgan fingerprint density at radius 2 is 1.08 bits per heavy atom. The van der Waals surface area contributed by atoms with E-state index in [1.54, 1.807) is 0 Å². The van der Waals surface area contributed by atoms with Gasteiger partial charge in [0.1, 0.15) is 22.3 Å². The number of pyridine rings is 2. The monoisotopic (exact) mass is 654 g/mol. The average molecular weight is 655 g/mol. The molecule has 0 atom stereocenters. The van der Waals surface area contributed by atoms with Gasteiger partial charge in [0.15, 0.2) is 5.58 Å². The lowest BCUT2D eigenvalue weighted by Gasteiger charge is -2.22. The summed E-state index contributed by atoms with van der Waals surface area (Å²) in [5, 5.41) is 5.15. The van der Waals surface area contributed by atoms with E-state index in [2.05, 4.69) is 122 Å². The maximum atomic E-state index is 6.62. The molecule has 51 heavy (non-hydrogen) atoms. The fraction of sp³-hybridized carbons (Fsp3) is 0.0638. The Hall–Kier alpha value is -6.52. The van der Waals surface area contributed by atoms with Crippen molar-refractivity contribution in [1.29, 1.82) is 0 Å². The van der Waals surface area contributed by atoms with Crippen LogP contribution in [0.4, 0.5) is 0 Å². The minimum Gasteiger partial charge on any atom is -0.455 e. The molecule has 0 saturated heterocycles. The van der Waals surface area contributed by atoms with E-state index >= 15 is 0 Å². The number of hydrogen-bond acceptors (Lipinski definition) is 4. The van der Waals surface area contributed by atoms with Crippen LogP contribution in [-0.4, -0.2) is 9.97 Å². The van der Waals surface area contributed by atoms with Crippen LogP contribution in [0, 0.1) is 0 Å². The van der Waals surface area contributed by atoms with Crippen LogP contribution in [-0.2, 0) is 5.41 Å². The summed E-state index contributed by atoms with van der Waals surface area (Å²) in [5.41, 5.74) is 15.9. The highest BCUT2D eigenvalue weighted by Crippen LogP contribution is 2.51. The summed E-state index contributed by atoms with van der Waals surface area (Å²) < 4.78 is 13.1. The third-order valence-electron chi connectivity index (χ3n) is 11.0. The SMILES string of the molecule is CC1(C)c2cc(-c3ccncc3)ccc2-c2ccc(-c3cccc(-c4nc5c(ccc6c7ccccc7oc65)c5oc6ccccc6c45)c3)cc21.